The standard InChI is InChI=1S/C29H31BrFIN6O4/c1-29(2)41-17-23(42-29)16-38-15-20(14-33-38)18-3-5-21(6-4-18)35-28(40)37-11-9-19(10-12-37)26(39)27(36-32)34-22-7-8-25(31)24(30)13-22/h3-8,13-15,19,23H,9-12,16-17H2,1-2H3,(H,34,36)(H,35,40)/t23-/m1/s1. The second kappa shape index (κ2) is 13.2. The molecule has 2 aromatic carbocycles. The van der Waals surface area contributed by atoms with E-state index in [2.05, 4.69) is 34.9 Å². The van der Waals surface area contributed by atoms with Gasteiger partial charge < -0.3 is 25.0 Å². The first-order valence-electron chi connectivity index (χ1n) is 13.6. The molecule has 1 aromatic heterocycles. The van der Waals surface area contributed by atoms with Gasteiger partial charge in [-0.25, -0.2) is 9.18 Å². The zero-order valence-corrected chi connectivity index (χ0v) is 26.9. The number of hydrogen-bond donors (Lipinski definition) is 2. The maximum Gasteiger partial charge on any atom is 0.321 e. The first kappa shape index (κ1) is 30.6. The number of likely N-dealkylation sites (tertiary alicyclic amines) is 1. The van der Waals surface area contributed by atoms with E-state index in [9.17, 15) is 14.0 Å². The fourth-order valence-corrected chi connectivity index (χ4v) is 5.73. The molecule has 5 rings (SSSR count). The van der Waals surface area contributed by atoms with Gasteiger partial charge in [-0.1, -0.05) is 12.1 Å². The minimum atomic E-state index is -0.566. The van der Waals surface area contributed by atoms with Crippen LogP contribution in [0.1, 0.15) is 26.7 Å². The maximum atomic E-state index is 13.6. The Labute approximate surface area is 265 Å². The topological polar surface area (TPSA) is 110 Å². The van der Waals surface area contributed by atoms with Crippen LogP contribution < -0.4 is 10.6 Å². The molecule has 3 aromatic rings. The average molecular weight is 753 g/mol. The van der Waals surface area contributed by atoms with Gasteiger partial charge in [0.2, 0.25) is 5.78 Å². The Hall–Kier alpha value is -2.88. The number of piperidine rings is 1. The lowest BCUT2D eigenvalue weighted by molar-refractivity contribution is -0.139. The molecule has 2 N–H and O–H groups in total. The third kappa shape index (κ3) is 7.54. The molecular formula is C29H31BrFIN6O4. The second-order valence-electron chi connectivity index (χ2n) is 10.7. The fourth-order valence-electron chi connectivity index (χ4n) is 5.00. The van der Waals surface area contributed by atoms with Crippen molar-refractivity contribution in [3.05, 3.63) is 65.1 Å². The Morgan fingerprint density at radius 1 is 1.12 bits per heavy atom. The fraction of sp³-hybridized carbons (Fsp3) is 0.379. The monoisotopic (exact) mass is 752 g/mol. The van der Waals surface area contributed by atoms with Gasteiger partial charge in [-0.05, 0) is 78.5 Å². The molecule has 0 aliphatic carbocycles. The van der Waals surface area contributed by atoms with E-state index in [1.165, 1.54) is 6.07 Å². The average Bonchev–Trinajstić information content (AvgIpc) is 3.59. The van der Waals surface area contributed by atoms with Crippen molar-refractivity contribution in [2.75, 3.05) is 30.3 Å². The van der Waals surface area contributed by atoms with Gasteiger partial charge in [0.15, 0.2) is 11.6 Å². The second-order valence-corrected chi connectivity index (χ2v) is 12.1. The number of rotatable bonds is 7. The summed E-state index contributed by atoms with van der Waals surface area (Å²) in [4.78, 5) is 27.7. The molecule has 0 bridgehead atoms. The predicted molar refractivity (Wildman–Crippen MR) is 170 cm³/mol. The van der Waals surface area contributed by atoms with Crippen LogP contribution in [0.4, 0.5) is 20.6 Å². The number of aromatic nitrogens is 2. The molecule has 2 amide bonds. The molecule has 2 aliphatic rings. The van der Waals surface area contributed by atoms with Crippen molar-refractivity contribution >= 4 is 67.8 Å². The highest BCUT2D eigenvalue weighted by atomic mass is 127. The summed E-state index contributed by atoms with van der Waals surface area (Å²) < 4.78 is 31.3. The number of carbonyl (C=O) groups excluding carboxylic acids is 2. The van der Waals surface area contributed by atoms with Crippen LogP contribution in [-0.2, 0) is 20.8 Å². The van der Waals surface area contributed by atoms with Crippen molar-refractivity contribution in [3.63, 3.8) is 0 Å². The van der Waals surface area contributed by atoms with Crippen LogP contribution in [0.2, 0.25) is 0 Å². The summed E-state index contributed by atoms with van der Waals surface area (Å²) in [6.45, 7) is 5.84. The Kier molecular flexibility index (Phi) is 9.60. The van der Waals surface area contributed by atoms with Crippen LogP contribution in [0.3, 0.4) is 0 Å². The molecule has 0 spiro atoms. The molecule has 222 valence electrons. The van der Waals surface area contributed by atoms with Crippen LogP contribution in [-0.4, -0.2) is 63.9 Å². The summed E-state index contributed by atoms with van der Waals surface area (Å²) in [6, 6.07) is 11.8. The summed E-state index contributed by atoms with van der Waals surface area (Å²) in [6.07, 6.45) is 4.78. The number of benzene rings is 2. The summed E-state index contributed by atoms with van der Waals surface area (Å²) in [5.41, 5.74) is 3.19. The molecule has 1 atom stereocenters. The van der Waals surface area contributed by atoms with Crippen LogP contribution in [0.15, 0.2) is 62.5 Å². The van der Waals surface area contributed by atoms with E-state index >= 15 is 0 Å². The Balaban J connectivity index is 1.10. The molecule has 2 saturated heterocycles. The molecule has 13 heteroatoms. The summed E-state index contributed by atoms with van der Waals surface area (Å²) >= 11 is 4.93. The third-order valence-corrected chi connectivity index (χ3v) is 8.30. The van der Waals surface area contributed by atoms with Gasteiger partial charge in [0.1, 0.15) is 11.9 Å². The molecule has 0 unspecified atom stereocenters. The molecule has 42 heavy (non-hydrogen) atoms. The number of amidine groups is 1. The smallest absolute Gasteiger partial charge is 0.321 e. The van der Waals surface area contributed by atoms with Crippen molar-refractivity contribution in [2.24, 2.45) is 9.12 Å². The van der Waals surface area contributed by atoms with Crippen LogP contribution >= 0.6 is 38.8 Å². The number of hydrogen-bond acceptors (Lipinski definition) is 6. The van der Waals surface area contributed by atoms with Crippen LogP contribution in [0, 0.1) is 11.7 Å². The number of Topliss-reactive ketones (excluding diaryl/α,β-unsaturated/α-hetero) is 1. The quantitative estimate of drug-likeness (QED) is 0.167. The Morgan fingerprint density at radius 2 is 1.83 bits per heavy atom. The van der Waals surface area contributed by atoms with E-state index in [0.717, 1.165) is 11.1 Å². The molecule has 0 radical (unpaired) electrons. The van der Waals surface area contributed by atoms with Gasteiger partial charge in [-0.15, -0.1) is 0 Å². The van der Waals surface area contributed by atoms with E-state index in [4.69, 9.17) is 9.47 Å². The summed E-state index contributed by atoms with van der Waals surface area (Å²) in [7, 11) is 0. The lowest BCUT2D eigenvalue weighted by Gasteiger charge is -2.31. The van der Waals surface area contributed by atoms with Crippen molar-refractivity contribution < 1.29 is 23.5 Å². The lowest BCUT2D eigenvalue weighted by atomic mass is 9.92. The van der Waals surface area contributed by atoms with Crippen molar-refractivity contribution in [1.29, 1.82) is 0 Å². The van der Waals surface area contributed by atoms with Gasteiger partial charge in [0.25, 0.3) is 0 Å². The zero-order valence-electron chi connectivity index (χ0n) is 23.1. The lowest BCUT2D eigenvalue weighted by Crippen LogP contribution is -2.44. The van der Waals surface area contributed by atoms with Gasteiger partial charge in [-0.2, -0.15) is 8.30 Å². The van der Waals surface area contributed by atoms with Crippen molar-refractivity contribution in [2.45, 2.75) is 45.1 Å². The van der Waals surface area contributed by atoms with Crippen LogP contribution in [0.5, 0.6) is 0 Å². The highest BCUT2D eigenvalue weighted by molar-refractivity contribution is 14.1. The largest absolute Gasteiger partial charge is 0.348 e. The molecule has 2 fully saturated rings. The number of nitrogens with zero attached hydrogens (tertiary/aromatic N) is 4. The minimum absolute atomic E-state index is 0.0456. The van der Waals surface area contributed by atoms with Gasteiger partial charge >= 0.3 is 6.03 Å². The summed E-state index contributed by atoms with van der Waals surface area (Å²) in [5, 5.41) is 10.4. The maximum absolute atomic E-state index is 13.6. The number of ketones is 1. The third-order valence-electron chi connectivity index (χ3n) is 7.21. The number of carbonyl (C=O) groups is 2. The Morgan fingerprint density at radius 3 is 2.48 bits per heavy atom. The molecule has 3 heterocycles. The zero-order chi connectivity index (χ0) is 29.9. The Bertz CT molecular complexity index is 1470. The van der Waals surface area contributed by atoms with E-state index in [0.29, 0.717) is 54.9 Å². The SMILES string of the molecule is CC1(C)OC[C@@H](Cn2cc(-c3ccc(NC(=O)N4CCC(C(=O)/C(=N/I)Nc5ccc(F)c(Br)c5)CC4)cc3)cn2)O1. The van der Waals surface area contributed by atoms with E-state index in [1.807, 2.05) is 55.2 Å². The highest BCUT2D eigenvalue weighted by Crippen LogP contribution is 2.26. The number of anilines is 2. The van der Waals surface area contributed by atoms with Gasteiger partial charge in [-0.3, -0.25) is 9.48 Å². The van der Waals surface area contributed by atoms with Crippen molar-refractivity contribution in [3.8, 4) is 11.1 Å². The summed E-state index contributed by atoms with van der Waals surface area (Å²) in [5.74, 6) is -1.15. The van der Waals surface area contributed by atoms with Crippen LogP contribution in [0.25, 0.3) is 11.1 Å². The van der Waals surface area contributed by atoms with E-state index in [1.54, 1.807) is 39.9 Å². The molecule has 0 saturated carbocycles. The minimum Gasteiger partial charge on any atom is -0.348 e. The van der Waals surface area contributed by atoms with E-state index in [-0.39, 0.29) is 35.5 Å². The van der Waals surface area contributed by atoms with Crippen molar-refractivity contribution in [1.82, 2.24) is 14.7 Å². The number of urea groups is 1. The predicted octanol–water partition coefficient (Wildman–Crippen LogP) is 6.28. The van der Waals surface area contributed by atoms with Gasteiger partial charge in [0.05, 0.1) is 46.7 Å². The normalized spacial score (nSPS) is 19.1. The highest BCUT2D eigenvalue weighted by Gasteiger charge is 2.33. The number of ether oxygens (including phenoxy) is 2. The first-order valence-corrected chi connectivity index (χ1v) is 15.3. The molecular weight excluding hydrogens is 722 g/mol. The van der Waals surface area contributed by atoms with E-state index < -0.39 is 5.79 Å². The number of halogens is 3. The first-order chi connectivity index (χ1) is 20.1. The number of amides is 2. The molecule has 10 nitrogen and oxygen atoms in total. The number of nitrogens with one attached hydrogen (secondary N) is 2. The van der Waals surface area contributed by atoms with Gasteiger partial charge in [0, 0.05) is 42.1 Å². The molecule has 2 aliphatic heterocycles.